The molecule has 0 radical (unpaired) electrons. The molecule has 3 N–H and O–H groups in total. The Bertz CT molecular complexity index is 686. The lowest BCUT2D eigenvalue weighted by Crippen LogP contribution is -2.28. The molecule has 25 heavy (non-hydrogen) atoms. The molecule has 2 rings (SSSR count). The third-order valence-corrected chi connectivity index (χ3v) is 3.59. The summed E-state index contributed by atoms with van der Waals surface area (Å²) in [6.45, 7) is 0.636. The topological polar surface area (TPSA) is 77.2 Å². The van der Waals surface area contributed by atoms with E-state index in [1.165, 1.54) is 6.20 Å². The van der Waals surface area contributed by atoms with Crippen LogP contribution < -0.4 is 15.8 Å². The van der Waals surface area contributed by atoms with Gasteiger partial charge in [-0.15, -0.1) is 24.8 Å². The standard InChI is InChI=1S/C16H17Cl2N3O2.2ClH/c17-12-9-13(18)16(21-10-12)23-8-7-20-15(22)6-5-11-3-1-2-4-14(11)19;;/h1-4,9-10H,5-8,19H2,(H,20,22);2*1H. The van der Waals surface area contributed by atoms with Crippen LogP contribution in [0.2, 0.25) is 10.0 Å². The lowest BCUT2D eigenvalue weighted by atomic mass is 10.1. The number of halogens is 4. The molecule has 0 aliphatic rings. The number of nitrogen functional groups attached to an aromatic ring is 1. The maximum absolute atomic E-state index is 11.8. The molecule has 0 saturated carbocycles. The summed E-state index contributed by atoms with van der Waals surface area (Å²) in [4.78, 5) is 15.8. The van der Waals surface area contributed by atoms with Gasteiger partial charge in [0.1, 0.15) is 11.6 Å². The number of nitrogens with one attached hydrogen (secondary N) is 1. The van der Waals surface area contributed by atoms with Gasteiger partial charge >= 0.3 is 0 Å². The van der Waals surface area contributed by atoms with Gasteiger partial charge < -0.3 is 15.8 Å². The van der Waals surface area contributed by atoms with Crippen molar-refractivity contribution < 1.29 is 9.53 Å². The van der Waals surface area contributed by atoms with Gasteiger partial charge in [0.2, 0.25) is 11.8 Å². The van der Waals surface area contributed by atoms with Crippen molar-refractivity contribution in [2.24, 2.45) is 0 Å². The van der Waals surface area contributed by atoms with Gasteiger partial charge in [-0.2, -0.15) is 0 Å². The van der Waals surface area contributed by atoms with E-state index in [1.807, 2.05) is 24.3 Å². The molecule has 0 fully saturated rings. The average Bonchev–Trinajstić information content (AvgIpc) is 2.52. The normalized spacial score (nSPS) is 9.52. The fourth-order valence-corrected chi connectivity index (χ4v) is 2.38. The molecule has 0 saturated heterocycles. The van der Waals surface area contributed by atoms with E-state index in [0.29, 0.717) is 41.0 Å². The Labute approximate surface area is 169 Å². The Kier molecular flexibility index (Phi) is 11.4. The highest BCUT2D eigenvalue weighted by atomic mass is 35.5. The summed E-state index contributed by atoms with van der Waals surface area (Å²) in [7, 11) is 0. The van der Waals surface area contributed by atoms with E-state index < -0.39 is 0 Å². The van der Waals surface area contributed by atoms with Crippen molar-refractivity contribution in [1.29, 1.82) is 0 Å². The van der Waals surface area contributed by atoms with E-state index in [9.17, 15) is 4.79 Å². The van der Waals surface area contributed by atoms with Gasteiger partial charge in [0, 0.05) is 18.3 Å². The van der Waals surface area contributed by atoms with E-state index in [2.05, 4.69) is 10.3 Å². The third kappa shape index (κ3) is 8.01. The Hall–Kier alpha value is -1.40. The van der Waals surface area contributed by atoms with Gasteiger partial charge in [0.05, 0.1) is 11.6 Å². The molecule has 1 heterocycles. The summed E-state index contributed by atoms with van der Waals surface area (Å²) in [6, 6.07) is 9.06. The largest absolute Gasteiger partial charge is 0.475 e. The highest BCUT2D eigenvalue weighted by Gasteiger charge is 2.06. The van der Waals surface area contributed by atoms with Crippen LogP contribution in [0.5, 0.6) is 5.88 Å². The Morgan fingerprint density at radius 1 is 1.24 bits per heavy atom. The SMILES string of the molecule is Cl.Cl.Nc1ccccc1CCC(=O)NCCOc1ncc(Cl)cc1Cl. The molecule has 5 nitrogen and oxygen atoms in total. The number of pyridine rings is 1. The third-order valence-electron chi connectivity index (χ3n) is 3.11. The molecule has 0 spiro atoms. The summed E-state index contributed by atoms with van der Waals surface area (Å²) >= 11 is 11.7. The molecule has 0 aliphatic heterocycles. The number of rotatable bonds is 7. The van der Waals surface area contributed by atoms with Crippen LogP contribution in [0.3, 0.4) is 0 Å². The van der Waals surface area contributed by atoms with Gasteiger partial charge in [-0.05, 0) is 24.1 Å². The van der Waals surface area contributed by atoms with E-state index in [1.54, 1.807) is 6.07 Å². The molecule has 138 valence electrons. The van der Waals surface area contributed by atoms with Crippen molar-refractivity contribution in [1.82, 2.24) is 10.3 Å². The van der Waals surface area contributed by atoms with Crippen LogP contribution in [0, 0.1) is 0 Å². The van der Waals surface area contributed by atoms with Crippen molar-refractivity contribution in [3.8, 4) is 5.88 Å². The maximum Gasteiger partial charge on any atom is 0.232 e. The average molecular weight is 427 g/mol. The minimum absolute atomic E-state index is 0. The number of hydrogen-bond acceptors (Lipinski definition) is 4. The van der Waals surface area contributed by atoms with E-state index >= 15 is 0 Å². The predicted octanol–water partition coefficient (Wildman–Crippen LogP) is 3.94. The van der Waals surface area contributed by atoms with E-state index in [4.69, 9.17) is 33.7 Å². The number of nitrogens with zero attached hydrogens (tertiary/aromatic N) is 1. The van der Waals surface area contributed by atoms with Crippen LogP contribution in [0.4, 0.5) is 5.69 Å². The molecule has 0 atom stereocenters. The Balaban J connectivity index is 0.00000288. The second-order valence-corrected chi connectivity index (χ2v) is 5.68. The number of aromatic nitrogens is 1. The Morgan fingerprint density at radius 3 is 2.64 bits per heavy atom. The van der Waals surface area contributed by atoms with Gasteiger partial charge in [0.15, 0.2) is 0 Å². The van der Waals surface area contributed by atoms with Gasteiger partial charge in [-0.1, -0.05) is 41.4 Å². The van der Waals surface area contributed by atoms with Crippen molar-refractivity contribution in [2.75, 3.05) is 18.9 Å². The summed E-state index contributed by atoms with van der Waals surface area (Å²) in [6.07, 6.45) is 2.42. The zero-order valence-corrected chi connectivity index (χ0v) is 16.4. The fourth-order valence-electron chi connectivity index (χ4n) is 1.94. The van der Waals surface area contributed by atoms with Crippen LogP contribution in [0.15, 0.2) is 36.5 Å². The monoisotopic (exact) mass is 425 g/mol. The fraction of sp³-hybridized carbons (Fsp3) is 0.250. The Morgan fingerprint density at radius 2 is 1.96 bits per heavy atom. The van der Waals surface area contributed by atoms with Crippen molar-refractivity contribution in [2.45, 2.75) is 12.8 Å². The smallest absolute Gasteiger partial charge is 0.232 e. The van der Waals surface area contributed by atoms with Gasteiger partial charge in [-0.25, -0.2) is 4.98 Å². The number of aryl methyl sites for hydroxylation is 1. The lowest BCUT2D eigenvalue weighted by Gasteiger charge is -2.09. The molecular formula is C16H19Cl4N3O2. The van der Waals surface area contributed by atoms with Crippen molar-refractivity contribution in [3.05, 3.63) is 52.1 Å². The van der Waals surface area contributed by atoms with Crippen molar-refractivity contribution >= 4 is 59.6 Å². The molecule has 1 aromatic heterocycles. The first-order valence-electron chi connectivity index (χ1n) is 7.10. The first kappa shape index (κ1) is 23.6. The van der Waals surface area contributed by atoms with E-state index in [0.717, 1.165) is 5.56 Å². The summed E-state index contributed by atoms with van der Waals surface area (Å²) in [5.41, 5.74) is 7.51. The number of amides is 1. The predicted molar refractivity (Wildman–Crippen MR) is 106 cm³/mol. The summed E-state index contributed by atoms with van der Waals surface area (Å²) in [5, 5.41) is 3.55. The molecular weight excluding hydrogens is 408 g/mol. The zero-order valence-electron chi connectivity index (χ0n) is 13.2. The van der Waals surface area contributed by atoms with Crippen LogP contribution >= 0.6 is 48.0 Å². The summed E-state index contributed by atoms with van der Waals surface area (Å²) < 4.78 is 5.39. The lowest BCUT2D eigenvalue weighted by molar-refractivity contribution is -0.121. The first-order valence-corrected chi connectivity index (χ1v) is 7.86. The number of hydrogen-bond donors (Lipinski definition) is 2. The molecule has 0 unspecified atom stereocenters. The molecule has 2 aromatic rings. The zero-order chi connectivity index (χ0) is 16.7. The summed E-state index contributed by atoms with van der Waals surface area (Å²) in [5.74, 6) is 0.231. The minimum Gasteiger partial charge on any atom is -0.475 e. The van der Waals surface area contributed by atoms with Crippen LogP contribution in [-0.2, 0) is 11.2 Å². The van der Waals surface area contributed by atoms with E-state index in [-0.39, 0.29) is 37.3 Å². The second-order valence-electron chi connectivity index (χ2n) is 4.84. The van der Waals surface area contributed by atoms with Gasteiger partial charge in [-0.3, -0.25) is 4.79 Å². The number of nitrogens with two attached hydrogens (primary N) is 1. The number of anilines is 1. The quantitative estimate of drug-likeness (QED) is 0.519. The van der Waals surface area contributed by atoms with Crippen LogP contribution in [-0.4, -0.2) is 24.0 Å². The maximum atomic E-state index is 11.8. The molecule has 0 aliphatic carbocycles. The molecule has 1 aromatic carbocycles. The van der Waals surface area contributed by atoms with Gasteiger partial charge in [0.25, 0.3) is 0 Å². The molecule has 1 amide bonds. The van der Waals surface area contributed by atoms with Crippen molar-refractivity contribution in [3.63, 3.8) is 0 Å². The minimum atomic E-state index is -0.0629. The highest BCUT2D eigenvalue weighted by Crippen LogP contribution is 2.24. The van der Waals surface area contributed by atoms with Crippen LogP contribution in [0.25, 0.3) is 0 Å². The number of ether oxygens (including phenoxy) is 1. The second kappa shape index (κ2) is 12.0. The highest BCUT2D eigenvalue weighted by molar-refractivity contribution is 6.35. The number of benzene rings is 1. The number of carbonyl (C=O) groups excluding carboxylic acids is 1. The number of para-hydroxylation sites is 1. The van der Waals surface area contributed by atoms with Crippen LogP contribution in [0.1, 0.15) is 12.0 Å². The number of carbonyl (C=O) groups is 1. The molecule has 9 heteroatoms. The molecule has 0 bridgehead atoms. The first-order chi connectivity index (χ1) is 11.1.